The van der Waals surface area contributed by atoms with Crippen LogP contribution in [0.25, 0.3) is 0 Å². The molecule has 110 valence electrons. The normalized spacial score (nSPS) is 17.7. The fourth-order valence-electron chi connectivity index (χ4n) is 2.54. The molecule has 5 nitrogen and oxygen atoms in total. The van der Waals surface area contributed by atoms with Gasteiger partial charge in [0, 0.05) is 19.6 Å². The number of carboxylic acids is 1. The largest absolute Gasteiger partial charge is 0.496 e. The molecule has 0 radical (unpaired) electrons. The molecule has 0 amide bonds. The van der Waals surface area contributed by atoms with Crippen molar-refractivity contribution < 1.29 is 14.6 Å². The number of nitrogens with zero attached hydrogens (tertiary/aromatic N) is 2. The molecular formula is C15H22N2O3. The van der Waals surface area contributed by atoms with Crippen LogP contribution in [0.1, 0.15) is 22.3 Å². The number of aromatic carboxylic acids is 1. The second-order valence-electron chi connectivity index (χ2n) is 5.27. The van der Waals surface area contributed by atoms with Gasteiger partial charge in [-0.15, -0.1) is 0 Å². The summed E-state index contributed by atoms with van der Waals surface area (Å²) in [5, 5.41) is 9.21. The average Bonchev–Trinajstić information content (AvgIpc) is 2.63. The number of hydrogen-bond donors (Lipinski definition) is 1. The summed E-state index contributed by atoms with van der Waals surface area (Å²) < 4.78 is 5.08. The van der Waals surface area contributed by atoms with Gasteiger partial charge in [0.05, 0.1) is 7.11 Å². The summed E-state index contributed by atoms with van der Waals surface area (Å²) in [7, 11) is 3.63. The third kappa shape index (κ3) is 3.71. The Labute approximate surface area is 119 Å². The topological polar surface area (TPSA) is 53.0 Å². The Morgan fingerprint density at radius 1 is 1.30 bits per heavy atom. The van der Waals surface area contributed by atoms with Crippen molar-refractivity contribution in [3.63, 3.8) is 0 Å². The van der Waals surface area contributed by atoms with E-state index in [0.717, 1.165) is 44.7 Å². The van der Waals surface area contributed by atoms with Gasteiger partial charge in [0.15, 0.2) is 0 Å². The first-order valence-electron chi connectivity index (χ1n) is 6.91. The Kier molecular flexibility index (Phi) is 4.98. The molecule has 1 aromatic rings. The van der Waals surface area contributed by atoms with Crippen LogP contribution in [-0.2, 0) is 6.54 Å². The molecule has 0 unspecified atom stereocenters. The highest BCUT2D eigenvalue weighted by atomic mass is 16.5. The van der Waals surface area contributed by atoms with E-state index in [9.17, 15) is 9.90 Å². The number of likely N-dealkylation sites (N-methyl/N-ethyl adjacent to an activating group) is 1. The summed E-state index contributed by atoms with van der Waals surface area (Å²) in [6.07, 6.45) is 1.15. The molecule has 0 bridgehead atoms. The van der Waals surface area contributed by atoms with E-state index in [-0.39, 0.29) is 5.56 Å². The molecule has 0 saturated carbocycles. The van der Waals surface area contributed by atoms with Crippen molar-refractivity contribution in [3.05, 3.63) is 29.3 Å². The predicted octanol–water partition coefficient (Wildman–Crippen LogP) is 1.53. The van der Waals surface area contributed by atoms with Gasteiger partial charge in [0.1, 0.15) is 11.3 Å². The van der Waals surface area contributed by atoms with Gasteiger partial charge >= 0.3 is 5.97 Å². The SMILES string of the molecule is COc1ccc(CN2CCCN(C)CC2)cc1C(=O)O. The second-order valence-corrected chi connectivity index (χ2v) is 5.27. The number of carboxylic acid groups (broad SMARTS) is 1. The van der Waals surface area contributed by atoms with E-state index in [4.69, 9.17) is 4.74 Å². The Balaban J connectivity index is 2.09. The van der Waals surface area contributed by atoms with Gasteiger partial charge in [-0.05, 0) is 44.3 Å². The van der Waals surface area contributed by atoms with E-state index >= 15 is 0 Å². The highest BCUT2D eigenvalue weighted by Gasteiger charge is 2.15. The van der Waals surface area contributed by atoms with Gasteiger partial charge in [0.25, 0.3) is 0 Å². The van der Waals surface area contributed by atoms with Crippen molar-refractivity contribution in [1.82, 2.24) is 9.80 Å². The van der Waals surface area contributed by atoms with E-state index in [0.29, 0.717) is 5.75 Å². The third-order valence-corrected chi connectivity index (χ3v) is 3.71. The zero-order valence-electron chi connectivity index (χ0n) is 12.1. The molecule has 0 aromatic heterocycles. The molecule has 1 saturated heterocycles. The van der Waals surface area contributed by atoms with Crippen molar-refractivity contribution in [1.29, 1.82) is 0 Å². The fourth-order valence-corrected chi connectivity index (χ4v) is 2.54. The van der Waals surface area contributed by atoms with Gasteiger partial charge < -0.3 is 14.7 Å². The summed E-state index contributed by atoms with van der Waals surface area (Å²) >= 11 is 0. The van der Waals surface area contributed by atoms with Crippen molar-refractivity contribution in [2.75, 3.05) is 40.3 Å². The third-order valence-electron chi connectivity index (χ3n) is 3.71. The summed E-state index contributed by atoms with van der Waals surface area (Å²) in [6.45, 7) is 5.04. The molecule has 2 rings (SSSR count). The molecule has 1 N–H and O–H groups in total. The van der Waals surface area contributed by atoms with Crippen LogP contribution in [0.3, 0.4) is 0 Å². The first kappa shape index (κ1) is 14.8. The van der Waals surface area contributed by atoms with Crippen LogP contribution in [0, 0.1) is 0 Å². The number of hydrogen-bond acceptors (Lipinski definition) is 4. The van der Waals surface area contributed by atoms with Crippen LogP contribution in [0.2, 0.25) is 0 Å². The maximum Gasteiger partial charge on any atom is 0.339 e. The molecule has 0 aliphatic carbocycles. The molecule has 0 atom stereocenters. The lowest BCUT2D eigenvalue weighted by atomic mass is 10.1. The number of ether oxygens (including phenoxy) is 1. The number of methoxy groups -OCH3 is 1. The molecular weight excluding hydrogens is 256 g/mol. The molecule has 1 aromatic carbocycles. The van der Waals surface area contributed by atoms with Gasteiger partial charge in [-0.3, -0.25) is 4.90 Å². The van der Waals surface area contributed by atoms with Crippen molar-refractivity contribution in [2.24, 2.45) is 0 Å². The summed E-state index contributed by atoms with van der Waals surface area (Å²) in [5.74, 6) is -0.531. The number of carbonyl (C=O) groups is 1. The highest BCUT2D eigenvalue weighted by molar-refractivity contribution is 5.91. The van der Waals surface area contributed by atoms with Crippen LogP contribution >= 0.6 is 0 Å². The van der Waals surface area contributed by atoms with Gasteiger partial charge in [-0.25, -0.2) is 4.79 Å². The molecule has 1 aliphatic rings. The lowest BCUT2D eigenvalue weighted by Crippen LogP contribution is -2.28. The summed E-state index contributed by atoms with van der Waals surface area (Å²) in [5.41, 5.74) is 1.25. The quantitative estimate of drug-likeness (QED) is 0.905. The minimum Gasteiger partial charge on any atom is -0.496 e. The van der Waals surface area contributed by atoms with Gasteiger partial charge in [-0.2, -0.15) is 0 Å². The van der Waals surface area contributed by atoms with Gasteiger partial charge in [0.2, 0.25) is 0 Å². The number of benzene rings is 1. The zero-order chi connectivity index (χ0) is 14.5. The zero-order valence-corrected chi connectivity index (χ0v) is 12.1. The standard InChI is InChI=1S/C15H22N2O3/c1-16-6-3-7-17(9-8-16)11-12-4-5-14(20-2)13(10-12)15(18)19/h4-5,10H,3,6-9,11H2,1-2H3,(H,18,19). The van der Waals surface area contributed by atoms with E-state index in [1.54, 1.807) is 12.1 Å². The molecule has 20 heavy (non-hydrogen) atoms. The molecule has 1 heterocycles. The van der Waals surface area contributed by atoms with Crippen molar-refractivity contribution in [2.45, 2.75) is 13.0 Å². The Hall–Kier alpha value is -1.59. The van der Waals surface area contributed by atoms with E-state index in [2.05, 4.69) is 16.8 Å². The van der Waals surface area contributed by atoms with E-state index in [1.165, 1.54) is 7.11 Å². The monoisotopic (exact) mass is 278 g/mol. The Morgan fingerprint density at radius 2 is 2.10 bits per heavy atom. The van der Waals surface area contributed by atoms with Crippen molar-refractivity contribution >= 4 is 5.97 Å². The van der Waals surface area contributed by atoms with Crippen LogP contribution < -0.4 is 4.74 Å². The van der Waals surface area contributed by atoms with Crippen molar-refractivity contribution in [3.8, 4) is 5.75 Å². The van der Waals surface area contributed by atoms with Crippen LogP contribution in [-0.4, -0.2) is 61.2 Å². The van der Waals surface area contributed by atoms with Crippen LogP contribution in [0.15, 0.2) is 18.2 Å². The van der Waals surface area contributed by atoms with Crippen LogP contribution in [0.4, 0.5) is 0 Å². The van der Waals surface area contributed by atoms with E-state index in [1.807, 2.05) is 6.07 Å². The lowest BCUT2D eigenvalue weighted by molar-refractivity contribution is 0.0693. The smallest absolute Gasteiger partial charge is 0.339 e. The molecule has 1 fully saturated rings. The first-order chi connectivity index (χ1) is 9.60. The number of rotatable bonds is 4. The molecule has 5 heteroatoms. The maximum absolute atomic E-state index is 11.2. The second kappa shape index (κ2) is 6.72. The summed E-state index contributed by atoms with van der Waals surface area (Å²) in [6, 6.07) is 5.40. The van der Waals surface area contributed by atoms with E-state index < -0.39 is 5.97 Å². The average molecular weight is 278 g/mol. The fraction of sp³-hybridized carbons (Fsp3) is 0.533. The molecule has 1 aliphatic heterocycles. The minimum absolute atomic E-state index is 0.233. The predicted molar refractivity (Wildman–Crippen MR) is 77.3 cm³/mol. The maximum atomic E-state index is 11.2. The van der Waals surface area contributed by atoms with Crippen LogP contribution in [0.5, 0.6) is 5.75 Å². The Bertz CT molecular complexity index is 476. The lowest BCUT2D eigenvalue weighted by Gasteiger charge is -2.20. The highest BCUT2D eigenvalue weighted by Crippen LogP contribution is 2.21. The molecule has 0 spiro atoms. The Morgan fingerprint density at radius 3 is 2.80 bits per heavy atom. The first-order valence-corrected chi connectivity index (χ1v) is 6.91. The minimum atomic E-state index is -0.945. The van der Waals surface area contributed by atoms with Gasteiger partial charge in [-0.1, -0.05) is 6.07 Å². The summed E-state index contributed by atoms with van der Waals surface area (Å²) in [4.78, 5) is 15.9.